The quantitative estimate of drug-likeness (QED) is 0.850. The van der Waals surface area contributed by atoms with Crippen LogP contribution in [0.25, 0.3) is 0 Å². The highest BCUT2D eigenvalue weighted by Gasteiger charge is 2.18. The molecule has 1 aromatic heterocycles. The fourth-order valence-electron chi connectivity index (χ4n) is 1.52. The summed E-state index contributed by atoms with van der Waals surface area (Å²) in [6.45, 7) is 1.71. The Hall–Kier alpha value is -1.11. The van der Waals surface area contributed by atoms with Crippen molar-refractivity contribution < 1.29 is 8.42 Å². The fraction of sp³-hybridized carbons (Fsp3) is 0.0833. The lowest BCUT2D eigenvalue weighted by molar-refractivity contribution is 0.600. The summed E-state index contributed by atoms with van der Waals surface area (Å²) in [6, 6.07) is 9.69. The second-order valence-corrected chi connectivity index (χ2v) is 6.76. The van der Waals surface area contributed by atoms with Gasteiger partial charge >= 0.3 is 0 Å². The molecule has 0 saturated heterocycles. The number of nitrogens with one attached hydrogen (secondary N) is 1. The van der Waals surface area contributed by atoms with E-state index in [1.807, 2.05) is 0 Å². The Morgan fingerprint density at radius 2 is 2.00 bits per heavy atom. The smallest absolute Gasteiger partial charge is 0.263 e. The number of anilines is 1. The number of nitrogens with zero attached hydrogens (tertiary/aromatic N) is 1. The topological polar surface area (TPSA) is 59.1 Å². The molecule has 1 heterocycles. The van der Waals surface area contributed by atoms with E-state index in [0.717, 1.165) is 0 Å². The van der Waals surface area contributed by atoms with Crippen LogP contribution in [0.15, 0.2) is 45.9 Å². The van der Waals surface area contributed by atoms with E-state index in [0.29, 0.717) is 15.2 Å². The predicted octanol–water partition coefficient (Wildman–Crippen LogP) is 3.61. The largest absolute Gasteiger partial charge is 0.263 e. The number of aromatic nitrogens is 1. The Morgan fingerprint density at radius 1 is 1.26 bits per heavy atom. The summed E-state index contributed by atoms with van der Waals surface area (Å²) < 4.78 is 27.5. The zero-order valence-corrected chi connectivity index (χ0v) is 13.1. The molecule has 2 aromatic rings. The minimum Gasteiger partial charge on any atom is -0.263 e. The number of pyridine rings is 1. The van der Waals surface area contributed by atoms with E-state index < -0.39 is 10.0 Å². The molecule has 0 aliphatic heterocycles. The number of hydrogen-bond acceptors (Lipinski definition) is 3. The Labute approximate surface area is 125 Å². The molecule has 4 nitrogen and oxygen atoms in total. The number of benzene rings is 1. The number of aryl methyl sites for hydroxylation is 1. The van der Waals surface area contributed by atoms with E-state index in [9.17, 15) is 8.42 Å². The van der Waals surface area contributed by atoms with Crippen LogP contribution in [0.5, 0.6) is 0 Å². The van der Waals surface area contributed by atoms with Crippen LogP contribution < -0.4 is 4.72 Å². The molecular formula is C12H10BrClN2O2S. The van der Waals surface area contributed by atoms with Gasteiger partial charge in [0.05, 0.1) is 4.90 Å². The predicted molar refractivity (Wildman–Crippen MR) is 78.9 cm³/mol. The van der Waals surface area contributed by atoms with Gasteiger partial charge in [0.1, 0.15) is 10.4 Å². The van der Waals surface area contributed by atoms with Crippen molar-refractivity contribution in [2.75, 3.05) is 4.72 Å². The van der Waals surface area contributed by atoms with Gasteiger partial charge in [0, 0.05) is 5.02 Å². The number of rotatable bonds is 3. The maximum atomic E-state index is 12.3. The standard InChI is InChI=1S/C12H10BrClN2O2S/c1-8-5-6-9(14)7-10(8)19(17,18)16-12-4-2-3-11(13)15-12/h2-7H,1H3,(H,15,16). The molecule has 0 spiro atoms. The maximum absolute atomic E-state index is 12.3. The zero-order chi connectivity index (χ0) is 14.0. The molecule has 0 bridgehead atoms. The van der Waals surface area contributed by atoms with Crippen LogP contribution in [0.3, 0.4) is 0 Å². The summed E-state index contributed by atoms with van der Waals surface area (Å²) in [5.41, 5.74) is 0.617. The SMILES string of the molecule is Cc1ccc(Cl)cc1S(=O)(=O)Nc1cccc(Br)n1. The molecule has 0 radical (unpaired) electrons. The number of halogens is 2. The molecule has 2 rings (SSSR count). The Morgan fingerprint density at radius 3 is 2.68 bits per heavy atom. The van der Waals surface area contributed by atoms with Crippen molar-refractivity contribution in [2.45, 2.75) is 11.8 Å². The van der Waals surface area contributed by atoms with Gasteiger partial charge in [-0.2, -0.15) is 0 Å². The first-order valence-corrected chi connectivity index (χ1v) is 7.95. The fourth-order valence-corrected chi connectivity index (χ4v) is 3.37. The Balaban J connectivity index is 2.40. The molecule has 0 fully saturated rings. The van der Waals surface area contributed by atoms with Gasteiger partial charge in [-0.3, -0.25) is 4.72 Å². The van der Waals surface area contributed by atoms with Gasteiger partial charge in [-0.25, -0.2) is 13.4 Å². The van der Waals surface area contributed by atoms with Gasteiger partial charge in [0.15, 0.2) is 0 Å². The van der Waals surface area contributed by atoms with Crippen molar-refractivity contribution >= 4 is 43.4 Å². The van der Waals surface area contributed by atoms with E-state index >= 15 is 0 Å². The second-order valence-electron chi connectivity index (χ2n) is 3.86. The normalized spacial score (nSPS) is 11.3. The van der Waals surface area contributed by atoms with Crippen LogP contribution in [0.4, 0.5) is 5.82 Å². The molecule has 0 amide bonds. The molecule has 7 heteroatoms. The highest BCUT2D eigenvalue weighted by atomic mass is 79.9. The first kappa shape index (κ1) is 14.3. The Kier molecular flexibility index (Phi) is 4.13. The van der Waals surface area contributed by atoms with Gasteiger partial charge in [-0.1, -0.05) is 23.7 Å². The molecular weight excluding hydrogens is 352 g/mol. The lowest BCUT2D eigenvalue weighted by atomic mass is 10.2. The summed E-state index contributed by atoms with van der Waals surface area (Å²) in [4.78, 5) is 4.17. The van der Waals surface area contributed by atoms with Gasteiger partial charge < -0.3 is 0 Å². The molecule has 0 unspecified atom stereocenters. The first-order valence-electron chi connectivity index (χ1n) is 5.30. The lowest BCUT2D eigenvalue weighted by Gasteiger charge is -2.10. The van der Waals surface area contributed by atoms with Gasteiger partial charge in [0.2, 0.25) is 0 Å². The molecule has 1 N–H and O–H groups in total. The average Bonchev–Trinajstić information content (AvgIpc) is 2.31. The van der Waals surface area contributed by atoms with E-state index in [-0.39, 0.29) is 10.7 Å². The molecule has 1 aromatic carbocycles. The highest BCUT2D eigenvalue weighted by molar-refractivity contribution is 9.10. The summed E-state index contributed by atoms with van der Waals surface area (Å²) in [6.07, 6.45) is 0. The minimum absolute atomic E-state index is 0.141. The van der Waals surface area contributed by atoms with Crippen molar-refractivity contribution in [3.63, 3.8) is 0 Å². The highest BCUT2D eigenvalue weighted by Crippen LogP contribution is 2.22. The third kappa shape index (κ3) is 3.46. The molecule has 0 aliphatic carbocycles. The molecule has 100 valence electrons. The third-order valence-electron chi connectivity index (χ3n) is 2.39. The molecule has 0 saturated carbocycles. The molecule has 0 atom stereocenters. The van der Waals surface area contributed by atoms with Gasteiger partial charge in [0.25, 0.3) is 10.0 Å². The van der Waals surface area contributed by atoms with Crippen LogP contribution in [0.2, 0.25) is 5.02 Å². The Bertz CT molecular complexity index is 719. The van der Waals surface area contributed by atoms with Crippen molar-refractivity contribution in [1.82, 2.24) is 4.98 Å². The first-order chi connectivity index (χ1) is 8.88. The van der Waals surface area contributed by atoms with Crippen molar-refractivity contribution in [3.05, 3.63) is 51.6 Å². The van der Waals surface area contributed by atoms with Crippen molar-refractivity contribution in [1.29, 1.82) is 0 Å². The van der Waals surface area contributed by atoms with Gasteiger partial charge in [-0.15, -0.1) is 0 Å². The lowest BCUT2D eigenvalue weighted by Crippen LogP contribution is -2.15. The summed E-state index contributed by atoms with van der Waals surface area (Å²) in [5, 5.41) is 0.369. The van der Waals surface area contributed by atoms with E-state index in [2.05, 4.69) is 25.6 Å². The molecule has 0 aliphatic rings. The van der Waals surface area contributed by atoms with Crippen LogP contribution >= 0.6 is 27.5 Å². The summed E-state index contributed by atoms with van der Waals surface area (Å²) in [7, 11) is -3.70. The van der Waals surface area contributed by atoms with E-state index in [4.69, 9.17) is 11.6 Å². The van der Waals surface area contributed by atoms with Crippen LogP contribution in [0, 0.1) is 6.92 Å². The van der Waals surface area contributed by atoms with E-state index in [1.54, 1.807) is 37.3 Å². The monoisotopic (exact) mass is 360 g/mol. The number of sulfonamides is 1. The number of hydrogen-bond donors (Lipinski definition) is 1. The maximum Gasteiger partial charge on any atom is 0.263 e. The van der Waals surface area contributed by atoms with Gasteiger partial charge in [-0.05, 0) is 52.7 Å². The van der Waals surface area contributed by atoms with Crippen LogP contribution in [-0.2, 0) is 10.0 Å². The van der Waals surface area contributed by atoms with Crippen LogP contribution in [-0.4, -0.2) is 13.4 Å². The second kappa shape index (κ2) is 5.48. The van der Waals surface area contributed by atoms with Crippen molar-refractivity contribution in [3.8, 4) is 0 Å². The summed E-state index contributed by atoms with van der Waals surface area (Å²) >= 11 is 9.02. The minimum atomic E-state index is -3.70. The van der Waals surface area contributed by atoms with Crippen molar-refractivity contribution in [2.24, 2.45) is 0 Å². The zero-order valence-electron chi connectivity index (χ0n) is 9.89. The molecule has 19 heavy (non-hydrogen) atoms. The average molecular weight is 362 g/mol. The van der Waals surface area contributed by atoms with E-state index in [1.165, 1.54) is 6.07 Å². The third-order valence-corrected chi connectivity index (χ3v) is 4.57. The van der Waals surface area contributed by atoms with Crippen LogP contribution in [0.1, 0.15) is 5.56 Å². The summed E-state index contributed by atoms with van der Waals surface area (Å²) in [5.74, 6) is 0.244.